The minimum Gasteiger partial charge on any atom is -0.372 e. The lowest BCUT2D eigenvalue weighted by molar-refractivity contribution is -0.0405. The van der Waals surface area contributed by atoms with E-state index < -0.39 is 0 Å². The van der Waals surface area contributed by atoms with Gasteiger partial charge in [-0.05, 0) is 37.4 Å². The maximum Gasteiger partial charge on any atom is 0.0707 e. The van der Waals surface area contributed by atoms with E-state index >= 15 is 0 Å². The van der Waals surface area contributed by atoms with E-state index in [0.717, 1.165) is 19.6 Å². The highest BCUT2D eigenvalue weighted by Gasteiger charge is 2.34. The number of morpholine rings is 1. The van der Waals surface area contributed by atoms with Crippen LogP contribution < -0.4 is 5.32 Å². The topological polar surface area (TPSA) is 24.5 Å². The van der Waals surface area contributed by atoms with Crippen molar-refractivity contribution in [2.24, 2.45) is 0 Å². The van der Waals surface area contributed by atoms with Gasteiger partial charge in [-0.2, -0.15) is 0 Å². The number of hydrogen-bond acceptors (Lipinski definition) is 3. The molecule has 2 saturated heterocycles. The van der Waals surface area contributed by atoms with Crippen LogP contribution in [0.2, 0.25) is 0 Å². The normalized spacial score (nSPS) is 27.0. The number of rotatable bonds is 6. The molecule has 1 N–H and O–H groups in total. The molecule has 0 radical (unpaired) electrons. The van der Waals surface area contributed by atoms with Gasteiger partial charge in [-0.3, -0.25) is 4.90 Å². The van der Waals surface area contributed by atoms with E-state index in [1.165, 1.54) is 36.8 Å². The SMILES string of the molecule is CCCc1ccc(C(CN2CC3CCC(C2)O3)NC)cc1. The van der Waals surface area contributed by atoms with Crippen LogP contribution in [0.25, 0.3) is 0 Å². The van der Waals surface area contributed by atoms with Crippen molar-refractivity contribution in [3.8, 4) is 0 Å². The molecule has 3 unspecified atom stereocenters. The summed E-state index contributed by atoms with van der Waals surface area (Å²) >= 11 is 0. The van der Waals surface area contributed by atoms with Gasteiger partial charge in [0, 0.05) is 25.7 Å². The summed E-state index contributed by atoms with van der Waals surface area (Å²) in [5.41, 5.74) is 2.84. The Morgan fingerprint density at radius 2 is 1.86 bits per heavy atom. The Morgan fingerprint density at radius 3 is 2.43 bits per heavy atom. The maximum atomic E-state index is 5.93. The second kappa shape index (κ2) is 6.91. The molecule has 3 nitrogen and oxygen atoms in total. The highest BCUT2D eigenvalue weighted by Crippen LogP contribution is 2.27. The molecule has 0 aromatic heterocycles. The first-order chi connectivity index (χ1) is 10.3. The molecule has 2 heterocycles. The summed E-state index contributed by atoms with van der Waals surface area (Å²) in [6.07, 6.45) is 5.85. The molecular formula is C18H28N2O. The molecule has 2 fully saturated rings. The number of nitrogens with zero attached hydrogens (tertiary/aromatic N) is 1. The van der Waals surface area contributed by atoms with Crippen molar-refractivity contribution < 1.29 is 4.74 Å². The lowest BCUT2D eigenvalue weighted by Crippen LogP contribution is -2.45. The van der Waals surface area contributed by atoms with Crippen molar-refractivity contribution in [2.75, 3.05) is 26.7 Å². The molecule has 0 amide bonds. The smallest absolute Gasteiger partial charge is 0.0707 e. The predicted octanol–water partition coefficient (Wildman–Crippen LogP) is 2.76. The number of fused-ring (bicyclic) bond motifs is 2. The number of aryl methyl sites for hydroxylation is 1. The fourth-order valence-electron chi connectivity index (χ4n) is 3.68. The standard InChI is InChI=1S/C18H28N2O/c1-3-4-14-5-7-15(8-6-14)18(19-2)13-20-11-16-9-10-17(12-20)21-16/h5-8,16-19H,3-4,9-13H2,1-2H3. The molecular weight excluding hydrogens is 260 g/mol. The number of likely N-dealkylation sites (N-methyl/N-ethyl adjacent to an activating group) is 1. The lowest BCUT2D eigenvalue weighted by Gasteiger charge is -2.34. The van der Waals surface area contributed by atoms with Gasteiger partial charge >= 0.3 is 0 Å². The quantitative estimate of drug-likeness (QED) is 0.871. The molecule has 116 valence electrons. The summed E-state index contributed by atoms with van der Waals surface area (Å²) < 4.78 is 5.93. The summed E-state index contributed by atoms with van der Waals surface area (Å²) in [5, 5.41) is 3.48. The number of hydrogen-bond donors (Lipinski definition) is 1. The Morgan fingerprint density at radius 1 is 1.19 bits per heavy atom. The minimum absolute atomic E-state index is 0.415. The van der Waals surface area contributed by atoms with Crippen molar-refractivity contribution in [1.29, 1.82) is 0 Å². The largest absolute Gasteiger partial charge is 0.372 e. The van der Waals surface area contributed by atoms with Crippen molar-refractivity contribution in [3.63, 3.8) is 0 Å². The third-order valence-electron chi connectivity index (χ3n) is 4.83. The Labute approximate surface area is 128 Å². The van der Waals surface area contributed by atoms with Crippen LogP contribution in [0.1, 0.15) is 43.4 Å². The van der Waals surface area contributed by atoms with Crippen LogP contribution >= 0.6 is 0 Å². The van der Waals surface area contributed by atoms with Crippen LogP contribution in [0.3, 0.4) is 0 Å². The zero-order chi connectivity index (χ0) is 14.7. The molecule has 1 aromatic rings. The average Bonchev–Trinajstić information content (AvgIpc) is 2.85. The van der Waals surface area contributed by atoms with Crippen LogP contribution in [-0.2, 0) is 11.2 Å². The summed E-state index contributed by atoms with van der Waals surface area (Å²) in [5.74, 6) is 0. The van der Waals surface area contributed by atoms with Crippen LogP contribution in [0.5, 0.6) is 0 Å². The third kappa shape index (κ3) is 3.65. The molecule has 2 aliphatic heterocycles. The fraction of sp³-hybridized carbons (Fsp3) is 0.667. The van der Waals surface area contributed by atoms with Crippen LogP contribution in [0.4, 0.5) is 0 Å². The first kappa shape index (κ1) is 15.0. The Bertz CT molecular complexity index is 433. The van der Waals surface area contributed by atoms with Gasteiger partial charge in [0.2, 0.25) is 0 Å². The summed E-state index contributed by atoms with van der Waals surface area (Å²) in [6.45, 7) is 5.52. The van der Waals surface area contributed by atoms with Crippen LogP contribution in [0, 0.1) is 0 Å². The molecule has 2 bridgehead atoms. The fourth-order valence-corrected chi connectivity index (χ4v) is 3.68. The Balaban J connectivity index is 1.61. The molecule has 3 heteroatoms. The van der Waals surface area contributed by atoms with Gasteiger partial charge in [0.15, 0.2) is 0 Å². The second-order valence-electron chi connectivity index (χ2n) is 6.51. The van der Waals surface area contributed by atoms with E-state index in [0.29, 0.717) is 18.2 Å². The van der Waals surface area contributed by atoms with E-state index in [1.807, 2.05) is 0 Å². The van der Waals surface area contributed by atoms with E-state index in [-0.39, 0.29) is 0 Å². The van der Waals surface area contributed by atoms with Crippen molar-refractivity contribution >= 4 is 0 Å². The number of ether oxygens (including phenoxy) is 1. The molecule has 3 atom stereocenters. The van der Waals surface area contributed by atoms with Gasteiger partial charge < -0.3 is 10.1 Å². The van der Waals surface area contributed by atoms with Crippen molar-refractivity contribution in [2.45, 2.75) is 50.9 Å². The predicted molar refractivity (Wildman–Crippen MR) is 86.6 cm³/mol. The van der Waals surface area contributed by atoms with Gasteiger partial charge in [-0.1, -0.05) is 37.6 Å². The highest BCUT2D eigenvalue weighted by molar-refractivity contribution is 5.25. The molecule has 0 saturated carbocycles. The van der Waals surface area contributed by atoms with Crippen LogP contribution in [-0.4, -0.2) is 43.8 Å². The average molecular weight is 288 g/mol. The zero-order valence-electron chi connectivity index (χ0n) is 13.3. The van der Waals surface area contributed by atoms with Gasteiger partial charge in [0.25, 0.3) is 0 Å². The van der Waals surface area contributed by atoms with Crippen molar-refractivity contribution in [3.05, 3.63) is 35.4 Å². The first-order valence-corrected chi connectivity index (χ1v) is 8.42. The summed E-state index contributed by atoms with van der Waals surface area (Å²) in [6, 6.07) is 9.57. The number of nitrogens with one attached hydrogen (secondary N) is 1. The van der Waals surface area contributed by atoms with Gasteiger partial charge in [0.05, 0.1) is 12.2 Å². The molecule has 0 spiro atoms. The molecule has 21 heavy (non-hydrogen) atoms. The van der Waals surface area contributed by atoms with Crippen LogP contribution in [0.15, 0.2) is 24.3 Å². The number of likely N-dealkylation sites (tertiary alicyclic amines) is 1. The van der Waals surface area contributed by atoms with E-state index in [1.54, 1.807) is 0 Å². The zero-order valence-corrected chi connectivity index (χ0v) is 13.3. The summed E-state index contributed by atoms with van der Waals surface area (Å²) in [7, 11) is 2.07. The monoisotopic (exact) mass is 288 g/mol. The molecule has 0 aliphatic carbocycles. The highest BCUT2D eigenvalue weighted by atomic mass is 16.5. The van der Waals surface area contributed by atoms with Gasteiger partial charge in [-0.15, -0.1) is 0 Å². The minimum atomic E-state index is 0.415. The Kier molecular flexibility index (Phi) is 4.94. The van der Waals surface area contributed by atoms with E-state index in [4.69, 9.17) is 4.74 Å². The third-order valence-corrected chi connectivity index (χ3v) is 4.83. The second-order valence-corrected chi connectivity index (χ2v) is 6.51. The molecule has 2 aliphatic rings. The van der Waals surface area contributed by atoms with E-state index in [2.05, 4.69) is 48.5 Å². The van der Waals surface area contributed by atoms with Crippen molar-refractivity contribution in [1.82, 2.24) is 10.2 Å². The molecule has 3 rings (SSSR count). The van der Waals surface area contributed by atoms with Gasteiger partial charge in [-0.25, -0.2) is 0 Å². The van der Waals surface area contributed by atoms with E-state index in [9.17, 15) is 0 Å². The lowest BCUT2D eigenvalue weighted by atomic mass is 10.0. The Hall–Kier alpha value is -0.900. The summed E-state index contributed by atoms with van der Waals surface area (Å²) in [4.78, 5) is 2.58. The number of benzene rings is 1. The first-order valence-electron chi connectivity index (χ1n) is 8.42. The maximum absolute atomic E-state index is 5.93. The van der Waals surface area contributed by atoms with Gasteiger partial charge in [0.1, 0.15) is 0 Å². The molecule has 1 aromatic carbocycles.